The Morgan fingerprint density at radius 3 is 2.67 bits per heavy atom. The SMILES string of the molecule is Cc1ncnc(N(CCCl)C(C)C)c1F. The van der Waals surface area contributed by atoms with Crippen LogP contribution in [-0.2, 0) is 0 Å². The number of alkyl halides is 1. The summed E-state index contributed by atoms with van der Waals surface area (Å²) in [4.78, 5) is 9.59. The van der Waals surface area contributed by atoms with Crippen LogP contribution < -0.4 is 4.90 Å². The minimum Gasteiger partial charge on any atom is -0.350 e. The number of hydrogen-bond acceptors (Lipinski definition) is 3. The predicted molar refractivity (Wildman–Crippen MR) is 59.9 cm³/mol. The van der Waals surface area contributed by atoms with Crippen LogP contribution in [0.5, 0.6) is 0 Å². The molecule has 1 aromatic heterocycles. The van der Waals surface area contributed by atoms with Gasteiger partial charge in [-0.2, -0.15) is 0 Å². The average Bonchev–Trinajstić information content (AvgIpc) is 2.19. The maximum atomic E-state index is 13.7. The molecule has 0 aliphatic carbocycles. The van der Waals surface area contributed by atoms with Crippen molar-refractivity contribution in [1.29, 1.82) is 0 Å². The van der Waals surface area contributed by atoms with Crippen molar-refractivity contribution >= 4 is 17.4 Å². The average molecular weight is 232 g/mol. The third-order valence-electron chi connectivity index (χ3n) is 2.17. The standard InChI is InChI=1S/C10H15ClFN3/c1-7(2)15(5-4-11)10-9(12)8(3)13-6-14-10/h6-7H,4-5H2,1-3H3. The minimum atomic E-state index is -0.365. The zero-order chi connectivity index (χ0) is 11.4. The van der Waals surface area contributed by atoms with Crippen LogP contribution in [0.25, 0.3) is 0 Å². The Morgan fingerprint density at radius 2 is 2.13 bits per heavy atom. The quantitative estimate of drug-likeness (QED) is 0.745. The van der Waals surface area contributed by atoms with Gasteiger partial charge in [-0.05, 0) is 20.8 Å². The van der Waals surface area contributed by atoms with Crippen molar-refractivity contribution in [1.82, 2.24) is 9.97 Å². The highest BCUT2D eigenvalue weighted by Gasteiger charge is 2.17. The zero-order valence-corrected chi connectivity index (χ0v) is 9.92. The van der Waals surface area contributed by atoms with Gasteiger partial charge in [0, 0.05) is 18.5 Å². The van der Waals surface area contributed by atoms with Crippen LogP contribution in [0.1, 0.15) is 19.5 Å². The number of halogens is 2. The molecule has 1 aromatic rings. The molecule has 0 saturated carbocycles. The van der Waals surface area contributed by atoms with Crippen LogP contribution in [0, 0.1) is 12.7 Å². The third kappa shape index (κ3) is 2.78. The van der Waals surface area contributed by atoms with Gasteiger partial charge in [-0.1, -0.05) is 0 Å². The van der Waals surface area contributed by atoms with Crippen molar-refractivity contribution in [3.8, 4) is 0 Å². The van der Waals surface area contributed by atoms with Crippen molar-refractivity contribution in [2.75, 3.05) is 17.3 Å². The molecule has 0 amide bonds. The molecule has 0 aliphatic rings. The molecule has 0 radical (unpaired) electrons. The van der Waals surface area contributed by atoms with Crippen LogP contribution >= 0.6 is 11.6 Å². The van der Waals surface area contributed by atoms with Gasteiger partial charge in [0.2, 0.25) is 0 Å². The van der Waals surface area contributed by atoms with E-state index in [4.69, 9.17) is 11.6 Å². The molecule has 1 heterocycles. The number of rotatable bonds is 4. The second kappa shape index (κ2) is 5.26. The summed E-state index contributed by atoms with van der Waals surface area (Å²) in [6.07, 6.45) is 1.37. The molecule has 1 rings (SSSR count). The first kappa shape index (κ1) is 12.2. The van der Waals surface area contributed by atoms with E-state index < -0.39 is 0 Å². The molecule has 0 N–H and O–H groups in total. The number of nitrogens with zero attached hydrogens (tertiary/aromatic N) is 3. The molecule has 84 valence electrons. The topological polar surface area (TPSA) is 29.0 Å². The lowest BCUT2D eigenvalue weighted by Gasteiger charge is -2.27. The lowest BCUT2D eigenvalue weighted by atomic mass is 10.3. The highest BCUT2D eigenvalue weighted by atomic mass is 35.5. The first-order valence-electron chi connectivity index (χ1n) is 4.87. The number of aryl methyl sites for hydroxylation is 1. The molecule has 15 heavy (non-hydrogen) atoms. The summed E-state index contributed by atoms with van der Waals surface area (Å²) >= 11 is 5.67. The molecule has 5 heteroatoms. The monoisotopic (exact) mass is 231 g/mol. The molecule has 0 spiro atoms. The van der Waals surface area contributed by atoms with E-state index in [1.807, 2.05) is 18.7 Å². The second-order valence-electron chi connectivity index (χ2n) is 3.57. The third-order valence-corrected chi connectivity index (χ3v) is 2.34. The van der Waals surface area contributed by atoms with E-state index in [9.17, 15) is 4.39 Å². The molecule has 0 atom stereocenters. The van der Waals surface area contributed by atoms with Gasteiger partial charge >= 0.3 is 0 Å². The van der Waals surface area contributed by atoms with Gasteiger partial charge in [0.15, 0.2) is 11.6 Å². The molecule has 0 unspecified atom stereocenters. The van der Waals surface area contributed by atoms with Gasteiger partial charge in [0.1, 0.15) is 6.33 Å². The van der Waals surface area contributed by atoms with E-state index >= 15 is 0 Å². The zero-order valence-electron chi connectivity index (χ0n) is 9.17. The van der Waals surface area contributed by atoms with Crippen molar-refractivity contribution in [3.05, 3.63) is 17.8 Å². The van der Waals surface area contributed by atoms with Gasteiger partial charge in [0.05, 0.1) is 5.69 Å². The fourth-order valence-electron chi connectivity index (χ4n) is 1.35. The van der Waals surface area contributed by atoms with E-state index in [1.54, 1.807) is 6.92 Å². The van der Waals surface area contributed by atoms with E-state index in [0.717, 1.165) is 0 Å². The fourth-order valence-corrected chi connectivity index (χ4v) is 1.53. The van der Waals surface area contributed by atoms with Crippen molar-refractivity contribution in [2.45, 2.75) is 26.8 Å². The van der Waals surface area contributed by atoms with Gasteiger partial charge in [0.25, 0.3) is 0 Å². The Morgan fingerprint density at radius 1 is 1.47 bits per heavy atom. The first-order chi connectivity index (χ1) is 7.07. The Balaban J connectivity index is 3.05. The van der Waals surface area contributed by atoms with Crippen LogP contribution in [-0.4, -0.2) is 28.4 Å². The summed E-state index contributed by atoms with van der Waals surface area (Å²) in [5.74, 6) is 0.412. The van der Waals surface area contributed by atoms with Gasteiger partial charge in [-0.25, -0.2) is 14.4 Å². The molecule has 0 aliphatic heterocycles. The van der Waals surface area contributed by atoms with Crippen LogP contribution in [0.15, 0.2) is 6.33 Å². The summed E-state index contributed by atoms with van der Waals surface area (Å²) in [7, 11) is 0. The van der Waals surface area contributed by atoms with Crippen LogP contribution in [0.4, 0.5) is 10.2 Å². The Hall–Kier alpha value is -0.900. The maximum absolute atomic E-state index is 13.7. The normalized spacial score (nSPS) is 10.8. The van der Waals surface area contributed by atoms with Crippen molar-refractivity contribution in [3.63, 3.8) is 0 Å². The Bertz CT molecular complexity index is 330. The molecule has 0 bridgehead atoms. The first-order valence-corrected chi connectivity index (χ1v) is 5.41. The number of anilines is 1. The Labute approximate surface area is 94.3 Å². The summed E-state index contributed by atoms with van der Waals surface area (Å²) in [5, 5.41) is 0. The largest absolute Gasteiger partial charge is 0.350 e. The predicted octanol–water partition coefficient (Wildman–Crippen LogP) is 2.38. The molecule has 0 aromatic carbocycles. The number of aromatic nitrogens is 2. The van der Waals surface area contributed by atoms with E-state index in [2.05, 4.69) is 9.97 Å². The highest BCUT2D eigenvalue weighted by Crippen LogP contribution is 2.19. The molecular weight excluding hydrogens is 217 g/mol. The Kier molecular flexibility index (Phi) is 4.27. The number of hydrogen-bond donors (Lipinski definition) is 0. The summed E-state index contributed by atoms with van der Waals surface area (Å²) in [6.45, 7) is 6.15. The summed E-state index contributed by atoms with van der Waals surface area (Å²) in [5.41, 5.74) is 0.361. The van der Waals surface area contributed by atoms with Crippen molar-refractivity contribution < 1.29 is 4.39 Å². The minimum absolute atomic E-state index is 0.160. The van der Waals surface area contributed by atoms with E-state index in [1.165, 1.54) is 6.33 Å². The van der Waals surface area contributed by atoms with Crippen LogP contribution in [0.3, 0.4) is 0 Å². The summed E-state index contributed by atoms with van der Waals surface area (Å²) in [6, 6.07) is 0.160. The molecule has 3 nitrogen and oxygen atoms in total. The maximum Gasteiger partial charge on any atom is 0.186 e. The molecular formula is C10H15ClFN3. The van der Waals surface area contributed by atoms with Crippen LogP contribution in [0.2, 0.25) is 0 Å². The van der Waals surface area contributed by atoms with E-state index in [-0.39, 0.29) is 11.9 Å². The molecule has 0 fully saturated rings. The van der Waals surface area contributed by atoms with Gasteiger partial charge < -0.3 is 4.90 Å². The van der Waals surface area contributed by atoms with Gasteiger partial charge in [-0.3, -0.25) is 0 Å². The van der Waals surface area contributed by atoms with Gasteiger partial charge in [-0.15, -0.1) is 11.6 Å². The smallest absolute Gasteiger partial charge is 0.186 e. The van der Waals surface area contributed by atoms with E-state index in [0.29, 0.717) is 23.9 Å². The summed E-state index contributed by atoms with van der Waals surface area (Å²) < 4.78 is 13.7. The van der Waals surface area contributed by atoms with Crippen molar-refractivity contribution in [2.24, 2.45) is 0 Å². The second-order valence-corrected chi connectivity index (χ2v) is 3.95. The highest BCUT2D eigenvalue weighted by molar-refractivity contribution is 6.18. The fraction of sp³-hybridized carbons (Fsp3) is 0.600. The molecule has 0 saturated heterocycles. The lowest BCUT2D eigenvalue weighted by molar-refractivity contribution is 0.578. The lowest BCUT2D eigenvalue weighted by Crippen LogP contribution is -2.34.